The van der Waals surface area contributed by atoms with E-state index in [4.69, 9.17) is 4.74 Å². The number of likely N-dealkylation sites (tertiary alicyclic amines) is 1. The van der Waals surface area contributed by atoms with E-state index in [1.54, 1.807) is 11.1 Å². The van der Waals surface area contributed by atoms with E-state index < -0.39 is 5.82 Å². The van der Waals surface area contributed by atoms with Gasteiger partial charge >= 0.3 is 0 Å². The first-order chi connectivity index (χ1) is 12.7. The number of aromatic nitrogens is 2. The Morgan fingerprint density at radius 2 is 2.04 bits per heavy atom. The van der Waals surface area contributed by atoms with E-state index in [1.165, 1.54) is 25.1 Å². The maximum absolute atomic E-state index is 13.8. The van der Waals surface area contributed by atoms with Crippen molar-refractivity contribution in [2.45, 2.75) is 25.4 Å². The van der Waals surface area contributed by atoms with Crippen molar-refractivity contribution in [2.24, 2.45) is 0 Å². The van der Waals surface area contributed by atoms with Crippen molar-refractivity contribution < 1.29 is 13.9 Å². The number of nitrogens with zero attached hydrogens (tertiary/aromatic N) is 4. The van der Waals surface area contributed by atoms with Crippen molar-refractivity contribution in [3.8, 4) is 5.75 Å². The summed E-state index contributed by atoms with van der Waals surface area (Å²) in [4.78, 5) is 24.6. The first-order valence-electron chi connectivity index (χ1n) is 8.98. The van der Waals surface area contributed by atoms with Crippen molar-refractivity contribution in [2.75, 3.05) is 31.1 Å². The lowest BCUT2D eigenvalue weighted by Gasteiger charge is -2.22. The average Bonchev–Trinajstić information content (AvgIpc) is 3.34. The van der Waals surface area contributed by atoms with Crippen LogP contribution in [0.2, 0.25) is 0 Å². The SMILES string of the molecule is O=C(c1ccncc1F)N1CC[C@H](Oc2cccnc2N2CCCC2)C1. The lowest BCUT2D eigenvalue weighted by Crippen LogP contribution is -2.31. The molecule has 0 saturated carbocycles. The van der Waals surface area contributed by atoms with Crippen LogP contribution in [-0.4, -0.2) is 53.1 Å². The van der Waals surface area contributed by atoms with Gasteiger partial charge in [0.2, 0.25) is 0 Å². The second kappa shape index (κ2) is 7.27. The van der Waals surface area contributed by atoms with Crippen LogP contribution in [0.15, 0.2) is 36.8 Å². The van der Waals surface area contributed by atoms with Crippen molar-refractivity contribution in [1.29, 1.82) is 0 Å². The third-order valence-electron chi connectivity index (χ3n) is 4.89. The smallest absolute Gasteiger partial charge is 0.257 e. The van der Waals surface area contributed by atoms with Gasteiger partial charge in [-0.1, -0.05) is 0 Å². The van der Waals surface area contributed by atoms with Gasteiger partial charge in [0.05, 0.1) is 18.3 Å². The van der Waals surface area contributed by atoms with Gasteiger partial charge in [-0.3, -0.25) is 9.78 Å². The molecule has 1 amide bonds. The maximum atomic E-state index is 13.8. The summed E-state index contributed by atoms with van der Waals surface area (Å²) in [6.07, 6.45) is 7.20. The topological polar surface area (TPSA) is 58.6 Å². The van der Waals surface area contributed by atoms with E-state index in [0.29, 0.717) is 19.5 Å². The second-order valence-electron chi connectivity index (χ2n) is 6.65. The molecule has 136 valence electrons. The summed E-state index contributed by atoms with van der Waals surface area (Å²) in [6.45, 7) is 2.97. The molecule has 1 atom stereocenters. The molecule has 0 N–H and O–H groups in total. The molecule has 4 heterocycles. The van der Waals surface area contributed by atoms with Gasteiger partial charge in [-0.25, -0.2) is 9.37 Å². The highest BCUT2D eigenvalue weighted by Crippen LogP contribution is 2.30. The molecule has 2 aromatic rings. The minimum absolute atomic E-state index is 0.0554. The number of rotatable bonds is 4. The van der Waals surface area contributed by atoms with Gasteiger partial charge in [0, 0.05) is 38.4 Å². The van der Waals surface area contributed by atoms with Crippen LogP contribution in [0.5, 0.6) is 5.75 Å². The number of pyridine rings is 2. The molecular formula is C19H21FN4O2. The summed E-state index contributed by atoms with van der Waals surface area (Å²) in [5, 5.41) is 0. The first-order valence-corrected chi connectivity index (χ1v) is 8.98. The molecule has 0 unspecified atom stereocenters. The largest absolute Gasteiger partial charge is 0.485 e. The molecule has 4 rings (SSSR count). The van der Waals surface area contributed by atoms with Gasteiger partial charge in [0.1, 0.15) is 6.10 Å². The van der Waals surface area contributed by atoms with Crippen LogP contribution in [0, 0.1) is 5.82 Å². The zero-order valence-corrected chi connectivity index (χ0v) is 14.5. The van der Waals surface area contributed by atoms with E-state index in [2.05, 4.69) is 14.9 Å². The Balaban J connectivity index is 1.44. The standard InChI is InChI=1S/C19H21FN4O2/c20-16-12-21-8-5-15(16)19(25)24-11-6-14(13-24)26-17-4-3-7-22-18(17)23-9-1-2-10-23/h3-5,7-8,12,14H,1-2,6,9-11,13H2/t14-/m0/s1. The number of halogens is 1. The number of hydrogen-bond acceptors (Lipinski definition) is 5. The summed E-state index contributed by atoms with van der Waals surface area (Å²) >= 11 is 0. The highest BCUT2D eigenvalue weighted by Gasteiger charge is 2.30. The Kier molecular flexibility index (Phi) is 4.69. The van der Waals surface area contributed by atoms with E-state index in [9.17, 15) is 9.18 Å². The quantitative estimate of drug-likeness (QED) is 0.842. The Morgan fingerprint density at radius 1 is 1.19 bits per heavy atom. The zero-order valence-electron chi connectivity index (χ0n) is 14.5. The van der Waals surface area contributed by atoms with Crippen molar-refractivity contribution in [3.05, 3.63) is 48.2 Å². The lowest BCUT2D eigenvalue weighted by atomic mass is 10.2. The van der Waals surface area contributed by atoms with E-state index >= 15 is 0 Å². The van der Waals surface area contributed by atoms with Crippen LogP contribution in [0.3, 0.4) is 0 Å². The Bertz CT molecular complexity index is 795. The fourth-order valence-electron chi connectivity index (χ4n) is 3.55. The van der Waals surface area contributed by atoms with Gasteiger partial charge in [0.15, 0.2) is 17.4 Å². The number of carbonyl (C=O) groups is 1. The summed E-state index contributed by atoms with van der Waals surface area (Å²) in [6, 6.07) is 5.20. The van der Waals surface area contributed by atoms with Crippen LogP contribution < -0.4 is 9.64 Å². The van der Waals surface area contributed by atoms with Crippen molar-refractivity contribution in [1.82, 2.24) is 14.9 Å². The van der Waals surface area contributed by atoms with Gasteiger partial charge in [-0.2, -0.15) is 0 Å². The number of carbonyl (C=O) groups excluding carboxylic acids is 1. The minimum atomic E-state index is -0.592. The molecule has 26 heavy (non-hydrogen) atoms. The summed E-state index contributed by atoms with van der Waals surface area (Å²) in [7, 11) is 0. The minimum Gasteiger partial charge on any atom is -0.485 e. The normalized spacial score (nSPS) is 19.8. The Hall–Kier alpha value is -2.70. The molecular weight excluding hydrogens is 335 g/mol. The average molecular weight is 356 g/mol. The highest BCUT2D eigenvalue weighted by atomic mass is 19.1. The zero-order chi connectivity index (χ0) is 17.9. The third-order valence-corrected chi connectivity index (χ3v) is 4.89. The van der Waals surface area contributed by atoms with Crippen LogP contribution in [0.25, 0.3) is 0 Å². The van der Waals surface area contributed by atoms with Gasteiger partial charge in [-0.15, -0.1) is 0 Å². The highest BCUT2D eigenvalue weighted by molar-refractivity contribution is 5.94. The van der Waals surface area contributed by atoms with Gasteiger partial charge in [0.25, 0.3) is 5.91 Å². The Labute approximate surface area is 151 Å². The molecule has 0 bridgehead atoms. The monoisotopic (exact) mass is 356 g/mol. The molecule has 0 aliphatic carbocycles. The molecule has 6 nitrogen and oxygen atoms in total. The van der Waals surface area contributed by atoms with Crippen LogP contribution in [-0.2, 0) is 0 Å². The predicted octanol–water partition coefficient (Wildman–Crippen LogP) is 2.51. The lowest BCUT2D eigenvalue weighted by molar-refractivity contribution is 0.0767. The van der Waals surface area contributed by atoms with Gasteiger partial charge < -0.3 is 14.5 Å². The van der Waals surface area contributed by atoms with Gasteiger partial charge in [-0.05, 0) is 31.0 Å². The summed E-state index contributed by atoms with van der Waals surface area (Å²) < 4.78 is 20.0. The number of amides is 1. The molecule has 0 radical (unpaired) electrons. The number of anilines is 1. The van der Waals surface area contributed by atoms with Crippen molar-refractivity contribution in [3.63, 3.8) is 0 Å². The van der Waals surface area contributed by atoms with Crippen LogP contribution in [0.1, 0.15) is 29.6 Å². The molecule has 2 fully saturated rings. The number of hydrogen-bond donors (Lipinski definition) is 0. The van der Waals surface area contributed by atoms with Crippen molar-refractivity contribution >= 4 is 11.7 Å². The predicted molar refractivity (Wildman–Crippen MR) is 94.8 cm³/mol. The number of ether oxygens (including phenoxy) is 1. The fraction of sp³-hybridized carbons (Fsp3) is 0.421. The molecule has 2 saturated heterocycles. The molecule has 2 aliphatic rings. The molecule has 7 heteroatoms. The first kappa shape index (κ1) is 16.8. The third kappa shape index (κ3) is 3.34. The molecule has 0 aromatic carbocycles. The summed E-state index contributed by atoms with van der Waals surface area (Å²) in [5.74, 6) is 0.714. The fourth-order valence-corrected chi connectivity index (χ4v) is 3.55. The van der Waals surface area contributed by atoms with E-state index in [1.807, 2.05) is 12.1 Å². The van der Waals surface area contributed by atoms with E-state index in [-0.39, 0.29) is 17.6 Å². The molecule has 0 spiro atoms. The van der Waals surface area contributed by atoms with Crippen LogP contribution in [0.4, 0.5) is 10.2 Å². The Morgan fingerprint density at radius 3 is 2.85 bits per heavy atom. The summed E-state index contributed by atoms with van der Waals surface area (Å²) in [5.41, 5.74) is 0.0554. The van der Waals surface area contributed by atoms with Crippen LogP contribution >= 0.6 is 0 Å². The van der Waals surface area contributed by atoms with E-state index in [0.717, 1.165) is 30.9 Å². The second-order valence-corrected chi connectivity index (χ2v) is 6.65. The molecule has 2 aromatic heterocycles. The molecule has 2 aliphatic heterocycles. The maximum Gasteiger partial charge on any atom is 0.257 e.